The number of hydrogen-bond acceptors (Lipinski definition) is 5. The highest BCUT2D eigenvalue weighted by atomic mass is 35.5. The zero-order valence-corrected chi connectivity index (χ0v) is 21.4. The van der Waals surface area contributed by atoms with E-state index in [4.69, 9.17) is 11.6 Å². The minimum Gasteiger partial charge on any atom is -0.294 e. The molecule has 0 fully saturated rings. The molecule has 5 aromatic rings. The first kappa shape index (κ1) is 23.7. The molecule has 9 heteroatoms. The van der Waals surface area contributed by atoms with Crippen molar-refractivity contribution in [3.05, 3.63) is 117 Å². The molecule has 0 saturated carbocycles. The summed E-state index contributed by atoms with van der Waals surface area (Å²) in [5.41, 5.74) is 1.98. The Labute approximate surface area is 216 Å². The fourth-order valence-electron chi connectivity index (χ4n) is 3.62. The van der Waals surface area contributed by atoms with Crippen molar-refractivity contribution < 1.29 is 8.42 Å². The molecule has 4 aromatic carbocycles. The third-order valence-electron chi connectivity index (χ3n) is 5.34. The summed E-state index contributed by atoms with van der Waals surface area (Å²) in [6.07, 6.45) is 0. The van der Waals surface area contributed by atoms with Gasteiger partial charge in [0.05, 0.1) is 27.3 Å². The highest BCUT2D eigenvalue weighted by molar-refractivity contribution is 7.99. The van der Waals surface area contributed by atoms with Crippen LogP contribution < -0.4 is 9.60 Å². The van der Waals surface area contributed by atoms with Gasteiger partial charge in [0.2, 0.25) is 0 Å². The second-order valence-electron chi connectivity index (χ2n) is 7.69. The lowest BCUT2D eigenvalue weighted by Crippen LogP contribution is -2.14. The number of halogens is 1. The van der Waals surface area contributed by atoms with Crippen LogP contribution >= 0.6 is 34.7 Å². The van der Waals surface area contributed by atoms with Gasteiger partial charge in [-0.2, -0.15) is 0 Å². The van der Waals surface area contributed by atoms with Gasteiger partial charge < -0.3 is 0 Å². The number of benzene rings is 4. The van der Waals surface area contributed by atoms with E-state index in [1.807, 2.05) is 60.7 Å². The molecule has 5 nitrogen and oxygen atoms in total. The van der Waals surface area contributed by atoms with Crippen LogP contribution in [0.25, 0.3) is 10.2 Å². The molecule has 0 spiro atoms. The van der Waals surface area contributed by atoms with Gasteiger partial charge in [0.1, 0.15) is 0 Å². The summed E-state index contributed by atoms with van der Waals surface area (Å²) >= 11 is 8.76. The molecule has 0 radical (unpaired) electrons. The Morgan fingerprint density at radius 3 is 2.40 bits per heavy atom. The Morgan fingerprint density at radius 2 is 1.60 bits per heavy atom. The molecule has 0 atom stereocenters. The third kappa shape index (κ3) is 5.16. The maximum absolute atomic E-state index is 13.3. The van der Waals surface area contributed by atoms with E-state index in [1.54, 1.807) is 34.9 Å². The number of nitrogens with one attached hydrogen (secondary N) is 1. The van der Waals surface area contributed by atoms with E-state index >= 15 is 0 Å². The number of rotatable bonds is 7. The van der Waals surface area contributed by atoms with E-state index in [0.29, 0.717) is 27.5 Å². The van der Waals surface area contributed by atoms with Gasteiger partial charge in [-0.3, -0.25) is 14.1 Å². The molecule has 0 bridgehead atoms. The van der Waals surface area contributed by atoms with Crippen LogP contribution in [0, 0.1) is 0 Å². The Balaban J connectivity index is 1.45. The van der Waals surface area contributed by atoms with E-state index in [1.165, 1.54) is 17.8 Å². The fraction of sp³-hybridized carbons (Fsp3) is 0.0385. The quantitative estimate of drug-likeness (QED) is 0.250. The van der Waals surface area contributed by atoms with Crippen LogP contribution in [0.3, 0.4) is 0 Å². The average molecular weight is 539 g/mol. The predicted octanol–water partition coefficient (Wildman–Crippen LogP) is 6.72. The van der Waals surface area contributed by atoms with Crippen LogP contribution in [-0.2, 0) is 16.6 Å². The summed E-state index contributed by atoms with van der Waals surface area (Å²) in [5, 5.41) is 0.578. The molecular weight excluding hydrogens is 520 g/mol. The Morgan fingerprint density at radius 1 is 0.886 bits per heavy atom. The van der Waals surface area contributed by atoms with Gasteiger partial charge >= 0.3 is 4.87 Å². The smallest absolute Gasteiger partial charge is 0.294 e. The van der Waals surface area contributed by atoms with Gasteiger partial charge in [-0.05, 0) is 54.1 Å². The average Bonchev–Trinajstić information content (AvgIpc) is 3.16. The summed E-state index contributed by atoms with van der Waals surface area (Å²) in [7, 11) is -3.88. The van der Waals surface area contributed by atoms with Crippen LogP contribution in [0.1, 0.15) is 5.56 Å². The second-order valence-corrected chi connectivity index (χ2v) is 11.9. The first-order valence-corrected chi connectivity index (χ1v) is 14.1. The van der Waals surface area contributed by atoms with Crippen LogP contribution in [0.5, 0.6) is 0 Å². The molecule has 1 N–H and O–H groups in total. The van der Waals surface area contributed by atoms with E-state index in [9.17, 15) is 13.2 Å². The van der Waals surface area contributed by atoms with E-state index in [2.05, 4.69) is 4.72 Å². The molecule has 0 aliphatic carbocycles. The van der Waals surface area contributed by atoms with Gasteiger partial charge in [-0.15, -0.1) is 0 Å². The molecule has 0 aliphatic rings. The summed E-state index contributed by atoms with van der Waals surface area (Å²) < 4.78 is 31.4. The highest BCUT2D eigenvalue weighted by Gasteiger charge is 2.19. The normalized spacial score (nSPS) is 11.6. The van der Waals surface area contributed by atoms with Crippen molar-refractivity contribution in [3.63, 3.8) is 0 Å². The largest absolute Gasteiger partial charge is 0.308 e. The number of hydrogen-bond donors (Lipinski definition) is 1. The van der Waals surface area contributed by atoms with Crippen molar-refractivity contribution in [2.45, 2.75) is 21.2 Å². The predicted molar refractivity (Wildman–Crippen MR) is 144 cm³/mol. The summed E-state index contributed by atoms with van der Waals surface area (Å²) in [4.78, 5) is 14.4. The molecule has 0 saturated heterocycles. The standard InChI is InChI=1S/C26H19ClN2O3S3/c27-21-11-5-4-8-18(21)17-29-23-15-14-20(16-25(23)34-26(29)30)35(31,32)28-22-12-6-7-13-24(22)33-19-9-2-1-3-10-19/h1-16,28H,17H2. The zero-order chi connectivity index (χ0) is 24.4. The lowest BCUT2D eigenvalue weighted by molar-refractivity contribution is 0.601. The highest BCUT2D eigenvalue weighted by Crippen LogP contribution is 2.34. The summed E-state index contributed by atoms with van der Waals surface area (Å²) in [6.45, 7) is 0.312. The maximum atomic E-state index is 13.3. The number of fused-ring (bicyclic) bond motifs is 1. The molecular formula is C26H19ClN2O3S3. The minimum atomic E-state index is -3.88. The van der Waals surface area contributed by atoms with Crippen molar-refractivity contribution in [2.24, 2.45) is 0 Å². The monoisotopic (exact) mass is 538 g/mol. The maximum Gasteiger partial charge on any atom is 0.308 e. The van der Waals surface area contributed by atoms with E-state index < -0.39 is 10.0 Å². The Hall–Kier alpha value is -3.04. The van der Waals surface area contributed by atoms with Gasteiger partial charge in [-0.1, -0.05) is 83.2 Å². The number of anilines is 1. The molecule has 0 aliphatic heterocycles. The second kappa shape index (κ2) is 9.91. The molecule has 176 valence electrons. The van der Waals surface area contributed by atoms with Gasteiger partial charge in [-0.25, -0.2) is 8.42 Å². The van der Waals surface area contributed by atoms with Crippen LogP contribution in [-0.4, -0.2) is 13.0 Å². The van der Waals surface area contributed by atoms with Crippen molar-refractivity contribution >= 4 is 60.6 Å². The minimum absolute atomic E-state index is 0.0932. The lowest BCUT2D eigenvalue weighted by atomic mass is 10.2. The van der Waals surface area contributed by atoms with Gasteiger partial charge in [0.25, 0.3) is 10.0 Å². The molecule has 35 heavy (non-hydrogen) atoms. The fourth-order valence-corrected chi connectivity index (χ4v) is 6.91. The van der Waals surface area contributed by atoms with Crippen molar-refractivity contribution in [2.75, 3.05) is 4.72 Å². The van der Waals surface area contributed by atoms with Gasteiger partial charge in [0, 0.05) is 14.8 Å². The van der Waals surface area contributed by atoms with Crippen LogP contribution in [0.15, 0.2) is 117 Å². The number of nitrogens with zero attached hydrogens (tertiary/aromatic N) is 1. The Bertz CT molecular complexity index is 1680. The first-order chi connectivity index (χ1) is 16.9. The van der Waals surface area contributed by atoms with Crippen LogP contribution in [0.2, 0.25) is 5.02 Å². The molecule has 1 heterocycles. The number of thiazole rings is 1. The van der Waals surface area contributed by atoms with Crippen molar-refractivity contribution in [1.82, 2.24) is 4.57 Å². The van der Waals surface area contributed by atoms with Crippen molar-refractivity contribution in [1.29, 1.82) is 0 Å². The molecule has 5 rings (SSSR count). The zero-order valence-electron chi connectivity index (χ0n) is 18.2. The summed E-state index contributed by atoms with van der Waals surface area (Å²) in [6, 6.07) is 29.1. The lowest BCUT2D eigenvalue weighted by Gasteiger charge is -2.13. The molecule has 1 aromatic heterocycles. The van der Waals surface area contributed by atoms with E-state index in [-0.39, 0.29) is 9.77 Å². The molecule has 0 unspecified atom stereocenters. The first-order valence-electron chi connectivity index (χ1n) is 10.6. The number of sulfonamides is 1. The van der Waals surface area contributed by atoms with E-state index in [0.717, 1.165) is 26.7 Å². The van der Waals surface area contributed by atoms with Crippen molar-refractivity contribution in [3.8, 4) is 0 Å². The third-order valence-corrected chi connectivity index (χ3v) is 9.10. The summed E-state index contributed by atoms with van der Waals surface area (Å²) in [5.74, 6) is 0. The van der Waals surface area contributed by atoms with Gasteiger partial charge in [0.15, 0.2) is 0 Å². The SMILES string of the molecule is O=c1sc2cc(S(=O)(=O)Nc3ccccc3Sc3ccccc3)ccc2n1Cc1ccccc1Cl. The topological polar surface area (TPSA) is 68.2 Å². The molecule has 0 amide bonds. The van der Waals surface area contributed by atoms with Crippen LogP contribution in [0.4, 0.5) is 5.69 Å². The Kier molecular flexibility index (Phi) is 6.71. The number of aromatic nitrogens is 1. The number of para-hydroxylation sites is 1.